The van der Waals surface area contributed by atoms with Crippen LogP contribution in [0.3, 0.4) is 0 Å². The molecule has 3 N–H and O–H groups in total. The van der Waals surface area contributed by atoms with Gasteiger partial charge in [-0.2, -0.15) is 0 Å². The van der Waals surface area contributed by atoms with Gasteiger partial charge in [-0.15, -0.1) is 0 Å². The normalized spacial score (nSPS) is 13.3. The van der Waals surface area contributed by atoms with Crippen LogP contribution in [0.25, 0.3) is 0 Å². The SMILES string of the molecule is CCOC(=O)CC(O)C(O)c1ccc(Cl)cc1OCC(=O)O. The number of ether oxygens (including phenoxy) is 2. The summed E-state index contributed by atoms with van der Waals surface area (Å²) in [7, 11) is 0. The fourth-order valence-corrected chi connectivity index (χ4v) is 1.89. The Morgan fingerprint density at radius 3 is 2.59 bits per heavy atom. The van der Waals surface area contributed by atoms with Crippen molar-refractivity contribution in [3.05, 3.63) is 28.8 Å². The van der Waals surface area contributed by atoms with E-state index in [1.54, 1.807) is 6.92 Å². The van der Waals surface area contributed by atoms with Crippen LogP contribution in [0.1, 0.15) is 25.0 Å². The van der Waals surface area contributed by atoms with Gasteiger partial charge >= 0.3 is 11.9 Å². The maximum atomic E-state index is 11.3. The number of halogens is 1. The number of hydrogen-bond acceptors (Lipinski definition) is 6. The minimum atomic E-state index is -1.45. The second kappa shape index (κ2) is 8.57. The summed E-state index contributed by atoms with van der Waals surface area (Å²) in [5, 5.41) is 28.9. The Morgan fingerprint density at radius 2 is 2.00 bits per heavy atom. The lowest BCUT2D eigenvalue weighted by atomic mass is 10.0. The first-order valence-corrected chi connectivity index (χ1v) is 6.88. The van der Waals surface area contributed by atoms with Crippen molar-refractivity contribution in [2.24, 2.45) is 0 Å². The first kappa shape index (κ1) is 18.2. The molecule has 0 saturated carbocycles. The molecule has 1 aromatic carbocycles. The number of hydrogen-bond donors (Lipinski definition) is 3. The molecule has 0 bridgehead atoms. The summed E-state index contributed by atoms with van der Waals surface area (Å²) in [4.78, 5) is 21.9. The molecule has 2 atom stereocenters. The van der Waals surface area contributed by atoms with Gasteiger partial charge in [0.2, 0.25) is 0 Å². The van der Waals surface area contributed by atoms with Crippen molar-refractivity contribution in [2.45, 2.75) is 25.6 Å². The standard InChI is InChI=1S/C14H17ClO7/c1-2-21-13(19)6-10(16)14(20)9-4-3-8(15)5-11(9)22-7-12(17)18/h3-5,10,14,16,20H,2,6-7H2,1H3,(H,17,18). The van der Waals surface area contributed by atoms with Crippen molar-refractivity contribution in [2.75, 3.05) is 13.2 Å². The molecule has 0 saturated heterocycles. The summed E-state index contributed by atoms with van der Waals surface area (Å²) in [5.74, 6) is -1.84. The van der Waals surface area contributed by atoms with Gasteiger partial charge in [-0.1, -0.05) is 17.7 Å². The summed E-state index contributed by atoms with van der Waals surface area (Å²) in [6, 6.07) is 4.16. The van der Waals surface area contributed by atoms with Gasteiger partial charge in [0.05, 0.1) is 19.1 Å². The molecule has 0 radical (unpaired) electrons. The van der Waals surface area contributed by atoms with Crippen LogP contribution >= 0.6 is 11.6 Å². The number of esters is 1. The predicted molar refractivity (Wildman–Crippen MR) is 76.8 cm³/mol. The van der Waals surface area contributed by atoms with Crippen LogP contribution in [0.2, 0.25) is 5.02 Å². The van der Waals surface area contributed by atoms with Gasteiger partial charge in [0.15, 0.2) is 6.61 Å². The van der Waals surface area contributed by atoms with Crippen LogP contribution < -0.4 is 4.74 Å². The van der Waals surface area contributed by atoms with Gasteiger partial charge in [-0.25, -0.2) is 4.79 Å². The quantitative estimate of drug-likeness (QED) is 0.612. The highest BCUT2D eigenvalue weighted by Gasteiger charge is 2.25. The third kappa shape index (κ3) is 5.51. The Bertz CT molecular complexity index is 532. The molecule has 2 unspecified atom stereocenters. The van der Waals surface area contributed by atoms with E-state index in [-0.39, 0.29) is 22.9 Å². The third-order valence-corrected chi connectivity index (χ3v) is 2.93. The molecule has 0 fully saturated rings. The number of carboxylic acids is 1. The Kier molecular flexibility index (Phi) is 7.10. The lowest BCUT2D eigenvalue weighted by molar-refractivity contribution is -0.147. The first-order chi connectivity index (χ1) is 10.3. The lowest BCUT2D eigenvalue weighted by Gasteiger charge is -2.20. The van der Waals surface area contributed by atoms with Gasteiger partial charge in [0.1, 0.15) is 11.9 Å². The molecule has 8 heteroatoms. The molecule has 122 valence electrons. The third-order valence-electron chi connectivity index (χ3n) is 2.69. The fraction of sp³-hybridized carbons (Fsp3) is 0.429. The van der Waals surface area contributed by atoms with Crippen LogP contribution in [-0.4, -0.2) is 46.6 Å². The number of carbonyl (C=O) groups excluding carboxylic acids is 1. The second-order valence-electron chi connectivity index (χ2n) is 4.39. The average molecular weight is 333 g/mol. The summed E-state index contributed by atoms with van der Waals surface area (Å²) >= 11 is 5.80. The van der Waals surface area contributed by atoms with Crippen LogP contribution in [-0.2, 0) is 14.3 Å². The minimum Gasteiger partial charge on any atom is -0.481 e. The van der Waals surface area contributed by atoms with Crippen molar-refractivity contribution in [1.82, 2.24) is 0 Å². The molecule has 1 rings (SSSR count). The van der Waals surface area contributed by atoms with E-state index < -0.39 is 37.2 Å². The average Bonchev–Trinajstić information content (AvgIpc) is 2.44. The molecule has 0 amide bonds. The zero-order valence-electron chi connectivity index (χ0n) is 11.9. The largest absolute Gasteiger partial charge is 0.481 e. The smallest absolute Gasteiger partial charge is 0.341 e. The number of carbonyl (C=O) groups is 2. The van der Waals surface area contributed by atoms with Crippen molar-refractivity contribution >= 4 is 23.5 Å². The zero-order chi connectivity index (χ0) is 16.7. The van der Waals surface area contributed by atoms with Gasteiger partial charge in [-0.3, -0.25) is 4.79 Å². The number of aliphatic carboxylic acids is 1. The Hall–Kier alpha value is -1.83. The van der Waals surface area contributed by atoms with Gasteiger partial charge in [0, 0.05) is 10.6 Å². The number of carboxylic acid groups (broad SMARTS) is 1. The van der Waals surface area contributed by atoms with E-state index in [0.29, 0.717) is 0 Å². The highest BCUT2D eigenvalue weighted by atomic mass is 35.5. The zero-order valence-corrected chi connectivity index (χ0v) is 12.6. The summed E-state index contributed by atoms with van der Waals surface area (Å²) in [6.07, 6.45) is -3.28. The molecule has 0 aliphatic carbocycles. The summed E-state index contributed by atoms with van der Waals surface area (Å²) in [6.45, 7) is 1.15. The van der Waals surface area contributed by atoms with E-state index in [4.69, 9.17) is 21.4 Å². The topological polar surface area (TPSA) is 113 Å². The maximum absolute atomic E-state index is 11.3. The van der Waals surface area contributed by atoms with E-state index in [9.17, 15) is 19.8 Å². The molecule has 1 aromatic rings. The summed E-state index contributed by atoms with van der Waals surface area (Å²) < 4.78 is 9.72. The second-order valence-corrected chi connectivity index (χ2v) is 4.82. The van der Waals surface area contributed by atoms with Crippen LogP contribution in [0, 0.1) is 0 Å². The fourth-order valence-electron chi connectivity index (χ4n) is 1.73. The maximum Gasteiger partial charge on any atom is 0.341 e. The summed E-state index contributed by atoms with van der Waals surface area (Å²) in [5.41, 5.74) is 0.127. The van der Waals surface area contributed by atoms with E-state index in [1.807, 2.05) is 0 Å². The van der Waals surface area contributed by atoms with E-state index in [0.717, 1.165) is 0 Å². The van der Waals surface area contributed by atoms with Gasteiger partial charge < -0.3 is 24.8 Å². The molecule has 7 nitrogen and oxygen atoms in total. The van der Waals surface area contributed by atoms with Crippen molar-refractivity contribution in [1.29, 1.82) is 0 Å². The molecule has 0 heterocycles. The minimum absolute atomic E-state index is 0.0188. The Labute approximate surface area is 132 Å². The van der Waals surface area contributed by atoms with E-state index >= 15 is 0 Å². The van der Waals surface area contributed by atoms with Crippen molar-refractivity contribution in [3.8, 4) is 5.75 Å². The van der Waals surface area contributed by atoms with Crippen molar-refractivity contribution in [3.63, 3.8) is 0 Å². The van der Waals surface area contributed by atoms with E-state index in [1.165, 1.54) is 18.2 Å². The van der Waals surface area contributed by atoms with E-state index in [2.05, 4.69) is 4.74 Å². The molecule has 0 aliphatic heterocycles. The Balaban J connectivity index is 2.88. The highest BCUT2D eigenvalue weighted by molar-refractivity contribution is 6.30. The first-order valence-electron chi connectivity index (χ1n) is 6.51. The molecule has 0 aromatic heterocycles. The molecule has 0 aliphatic rings. The van der Waals surface area contributed by atoms with Crippen LogP contribution in [0.4, 0.5) is 0 Å². The van der Waals surface area contributed by atoms with Crippen LogP contribution in [0.5, 0.6) is 5.75 Å². The lowest BCUT2D eigenvalue weighted by Crippen LogP contribution is -2.24. The molecular weight excluding hydrogens is 316 g/mol. The number of benzene rings is 1. The molecule has 0 spiro atoms. The molecular formula is C14H17ClO7. The van der Waals surface area contributed by atoms with Crippen molar-refractivity contribution < 1.29 is 34.4 Å². The Morgan fingerprint density at radius 1 is 1.32 bits per heavy atom. The number of rotatable bonds is 8. The van der Waals surface area contributed by atoms with Gasteiger partial charge in [-0.05, 0) is 19.1 Å². The predicted octanol–water partition coefficient (Wildman–Crippen LogP) is 1.15. The molecule has 22 heavy (non-hydrogen) atoms. The number of aliphatic hydroxyl groups is 2. The monoisotopic (exact) mass is 332 g/mol. The van der Waals surface area contributed by atoms with Crippen LogP contribution in [0.15, 0.2) is 18.2 Å². The highest BCUT2D eigenvalue weighted by Crippen LogP contribution is 2.31. The number of aliphatic hydroxyl groups excluding tert-OH is 2. The van der Waals surface area contributed by atoms with Gasteiger partial charge in [0.25, 0.3) is 0 Å².